The van der Waals surface area contributed by atoms with E-state index in [0.29, 0.717) is 23.6 Å². The van der Waals surface area contributed by atoms with Crippen molar-refractivity contribution in [1.29, 1.82) is 0 Å². The van der Waals surface area contributed by atoms with Crippen LogP contribution in [-0.4, -0.2) is 41.5 Å². The van der Waals surface area contributed by atoms with Gasteiger partial charge in [0.1, 0.15) is 10.0 Å². The number of nitrogens with one attached hydrogen (secondary N) is 1. The summed E-state index contributed by atoms with van der Waals surface area (Å²) in [5.74, 6) is 0.306. The summed E-state index contributed by atoms with van der Waals surface area (Å²) in [7, 11) is -1.67. The van der Waals surface area contributed by atoms with Crippen molar-refractivity contribution in [2.45, 2.75) is 36.3 Å². The summed E-state index contributed by atoms with van der Waals surface area (Å²) < 4.78 is 29.0. The first-order valence-corrected chi connectivity index (χ1v) is 11.2. The highest BCUT2D eigenvalue weighted by molar-refractivity contribution is 7.91. The highest BCUT2D eigenvalue weighted by Gasteiger charge is 2.34. The monoisotopic (exact) mass is 394 g/mol. The van der Waals surface area contributed by atoms with Gasteiger partial charge in [0.05, 0.1) is 11.6 Å². The molecule has 1 atom stereocenters. The first kappa shape index (κ1) is 17.7. The molecular formula is C17H22N4O3S2. The zero-order valence-corrected chi connectivity index (χ0v) is 16.3. The fourth-order valence-electron chi connectivity index (χ4n) is 3.81. The Morgan fingerprint density at radius 2 is 2.19 bits per heavy atom. The predicted molar refractivity (Wildman–Crippen MR) is 99.7 cm³/mol. The highest BCUT2D eigenvalue weighted by Crippen LogP contribution is 2.30. The van der Waals surface area contributed by atoms with Crippen molar-refractivity contribution in [3.8, 4) is 0 Å². The van der Waals surface area contributed by atoms with Gasteiger partial charge >= 0.3 is 0 Å². The van der Waals surface area contributed by atoms with Crippen LogP contribution in [0.3, 0.4) is 0 Å². The summed E-state index contributed by atoms with van der Waals surface area (Å²) in [6.07, 6.45) is 4.34. The third-order valence-corrected chi connectivity index (χ3v) is 8.39. The summed E-state index contributed by atoms with van der Waals surface area (Å²) in [6, 6.07) is 3.34. The summed E-state index contributed by atoms with van der Waals surface area (Å²) in [4.78, 5) is 12.8. The fraction of sp³-hybridized carbons (Fsp3) is 0.529. The molecule has 1 fully saturated rings. The number of anilines is 1. The van der Waals surface area contributed by atoms with Crippen LogP contribution < -0.4 is 5.32 Å². The van der Waals surface area contributed by atoms with Crippen LogP contribution >= 0.6 is 11.3 Å². The molecule has 2 aromatic heterocycles. The molecule has 0 bridgehead atoms. The van der Waals surface area contributed by atoms with E-state index in [1.807, 2.05) is 7.05 Å². The van der Waals surface area contributed by atoms with Crippen molar-refractivity contribution >= 4 is 33.1 Å². The van der Waals surface area contributed by atoms with Crippen LogP contribution in [0.1, 0.15) is 30.5 Å². The Hall–Kier alpha value is -1.71. The number of sulfonamides is 1. The maximum atomic E-state index is 12.8. The minimum absolute atomic E-state index is 0.117. The highest BCUT2D eigenvalue weighted by atomic mass is 32.2. The topological polar surface area (TPSA) is 84.3 Å². The lowest BCUT2D eigenvalue weighted by atomic mass is 9.99. The lowest BCUT2D eigenvalue weighted by Gasteiger charge is -2.30. The number of aryl methyl sites for hydroxylation is 2. The van der Waals surface area contributed by atoms with E-state index in [4.69, 9.17) is 0 Å². The normalized spacial score (nSPS) is 20.9. The smallest absolute Gasteiger partial charge is 0.252 e. The summed E-state index contributed by atoms with van der Waals surface area (Å²) in [6.45, 7) is 0.692. The van der Waals surface area contributed by atoms with Gasteiger partial charge in [0.15, 0.2) is 0 Å². The van der Waals surface area contributed by atoms with E-state index in [2.05, 4.69) is 10.4 Å². The average Bonchev–Trinajstić information content (AvgIpc) is 3.35. The maximum Gasteiger partial charge on any atom is 0.252 e. The zero-order chi connectivity index (χ0) is 18.3. The van der Waals surface area contributed by atoms with Crippen LogP contribution in [-0.2, 0) is 34.7 Å². The van der Waals surface area contributed by atoms with Crippen LogP contribution in [0.4, 0.5) is 5.82 Å². The number of amides is 1. The largest absolute Gasteiger partial charge is 0.310 e. The lowest BCUT2D eigenvalue weighted by Crippen LogP contribution is -2.43. The number of rotatable bonds is 4. The lowest BCUT2D eigenvalue weighted by molar-refractivity contribution is -0.120. The second-order valence-electron chi connectivity index (χ2n) is 6.87. The number of nitrogens with zero attached hydrogens (tertiary/aromatic N) is 3. The summed E-state index contributed by atoms with van der Waals surface area (Å²) in [5.41, 5.74) is 2.19. The molecule has 26 heavy (non-hydrogen) atoms. The predicted octanol–water partition coefficient (Wildman–Crippen LogP) is 2.01. The van der Waals surface area contributed by atoms with Gasteiger partial charge in [0, 0.05) is 25.7 Å². The molecule has 1 saturated heterocycles. The number of fused-ring (bicyclic) bond motifs is 1. The Balaban J connectivity index is 1.49. The van der Waals surface area contributed by atoms with Gasteiger partial charge in [-0.25, -0.2) is 8.42 Å². The Kier molecular flexibility index (Phi) is 4.62. The van der Waals surface area contributed by atoms with E-state index in [9.17, 15) is 13.2 Å². The Morgan fingerprint density at radius 3 is 2.96 bits per heavy atom. The standard InChI is InChI=1S/C17H22N4O3S2/c1-20-16(13-6-2-7-14(13)19-20)18-17(22)12-5-3-9-21(11-12)26(23,24)15-8-4-10-25-15/h4,8,10,12H,2-3,5-7,9,11H2,1H3,(H,18,22). The molecule has 0 spiro atoms. The minimum atomic E-state index is -3.51. The first-order valence-electron chi connectivity index (χ1n) is 8.86. The van der Waals surface area contributed by atoms with E-state index >= 15 is 0 Å². The van der Waals surface area contributed by atoms with E-state index < -0.39 is 10.0 Å². The molecule has 0 aromatic carbocycles. The van der Waals surface area contributed by atoms with Crippen LogP contribution in [0.25, 0.3) is 0 Å². The van der Waals surface area contributed by atoms with Crippen molar-refractivity contribution in [3.05, 3.63) is 28.8 Å². The SMILES string of the molecule is Cn1nc2c(c1NC(=O)C1CCCN(S(=O)(=O)c3cccs3)C1)CCC2. The first-order chi connectivity index (χ1) is 12.5. The Bertz CT molecular complexity index is 918. The second-order valence-corrected chi connectivity index (χ2v) is 9.99. The number of hydrogen-bond acceptors (Lipinski definition) is 5. The molecule has 2 aromatic rings. The Morgan fingerprint density at radius 1 is 1.35 bits per heavy atom. The van der Waals surface area contributed by atoms with E-state index in [0.717, 1.165) is 36.3 Å². The van der Waals surface area contributed by atoms with Crippen molar-refractivity contribution in [1.82, 2.24) is 14.1 Å². The quantitative estimate of drug-likeness (QED) is 0.860. The molecule has 2 aliphatic rings. The summed E-state index contributed by atoms with van der Waals surface area (Å²) >= 11 is 1.21. The molecule has 1 aliphatic carbocycles. The van der Waals surface area contributed by atoms with Gasteiger partial charge in [-0.1, -0.05) is 6.07 Å². The van der Waals surface area contributed by atoms with Gasteiger partial charge in [-0.05, 0) is 43.6 Å². The van der Waals surface area contributed by atoms with Crippen molar-refractivity contribution in [2.75, 3.05) is 18.4 Å². The molecular weight excluding hydrogens is 372 g/mol. The molecule has 1 unspecified atom stereocenters. The van der Waals surface area contributed by atoms with Crippen LogP contribution in [0.15, 0.2) is 21.7 Å². The van der Waals surface area contributed by atoms with Gasteiger partial charge in [-0.3, -0.25) is 9.48 Å². The minimum Gasteiger partial charge on any atom is -0.310 e. The number of piperidine rings is 1. The van der Waals surface area contributed by atoms with E-state index in [-0.39, 0.29) is 18.4 Å². The van der Waals surface area contributed by atoms with Gasteiger partial charge in [-0.2, -0.15) is 9.40 Å². The molecule has 1 amide bonds. The number of thiophene rings is 1. The number of carbonyl (C=O) groups is 1. The van der Waals surface area contributed by atoms with Gasteiger partial charge < -0.3 is 5.32 Å². The molecule has 0 radical (unpaired) electrons. The Labute approximate surface area is 157 Å². The maximum absolute atomic E-state index is 12.8. The van der Waals surface area contributed by atoms with Crippen molar-refractivity contribution in [2.24, 2.45) is 13.0 Å². The van der Waals surface area contributed by atoms with E-state index in [1.165, 1.54) is 15.6 Å². The number of carbonyl (C=O) groups excluding carboxylic acids is 1. The van der Waals surface area contributed by atoms with E-state index in [1.54, 1.807) is 22.2 Å². The molecule has 0 saturated carbocycles. The third-order valence-electron chi connectivity index (χ3n) is 5.15. The number of aromatic nitrogens is 2. The van der Waals surface area contributed by atoms with Gasteiger partial charge in [0.25, 0.3) is 10.0 Å². The van der Waals surface area contributed by atoms with Crippen LogP contribution in [0.5, 0.6) is 0 Å². The molecule has 9 heteroatoms. The second kappa shape index (κ2) is 6.79. The van der Waals surface area contributed by atoms with Crippen molar-refractivity contribution in [3.63, 3.8) is 0 Å². The fourth-order valence-corrected chi connectivity index (χ4v) is 6.48. The molecule has 140 valence electrons. The van der Waals surface area contributed by atoms with Crippen LogP contribution in [0, 0.1) is 5.92 Å². The van der Waals surface area contributed by atoms with Gasteiger partial charge in [0.2, 0.25) is 5.91 Å². The summed E-state index contributed by atoms with van der Waals surface area (Å²) in [5, 5.41) is 9.24. The third kappa shape index (κ3) is 3.08. The molecule has 4 rings (SSSR count). The number of hydrogen-bond donors (Lipinski definition) is 1. The average molecular weight is 395 g/mol. The van der Waals surface area contributed by atoms with Gasteiger partial charge in [-0.15, -0.1) is 11.3 Å². The van der Waals surface area contributed by atoms with Crippen LogP contribution in [0.2, 0.25) is 0 Å². The molecule has 1 aliphatic heterocycles. The molecule has 7 nitrogen and oxygen atoms in total. The van der Waals surface area contributed by atoms with Crippen molar-refractivity contribution < 1.29 is 13.2 Å². The molecule has 3 heterocycles. The zero-order valence-electron chi connectivity index (χ0n) is 14.6. The molecule has 1 N–H and O–H groups in total.